The van der Waals surface area contributed by atoms with Crippen LogP contribution < -0.4 is 19.5 Å². The van der Waals surface area contributed by atoms with Gasteiger partial charge >= 0.3 is 6.29 Å². The van der Waals surface area contributed by atoms with Gasteiger partial charge in [0.1, 0.15) is 11.6 Å². The molecule has 1 heterocycles. The summed E-state index contributed by atoms with van der Waals surface area (Å²) < 4.78 is 52.5. The molecule has 5 nitrogen and oxygen atoms in total. The van der Waals surface area contributed by atoms with Gasteiger partial charge in [-0.2, -0.15) is 0 Å². The molecular formula is C15H9ClF3NO4. The van der Waals surface area contributed by atoms with Gasteiger partial charge in [0.2, 0.25) is 0 Å². The summed E-state index contributed by atoms with van der Waals surface area (Å²) in [5.41, 5.74) is 0.223. The van der Waals surface area contributed by atoms with Crippen LogP contribution in [0.15, 0.2) is 36.4 Å². The molecule has 1 aliphatic rings. The first-order chi connectivity index (χ1) is 11.3. The van der Waals surface area contributed by atoms with Crippen molar-refractivity contribution < 1.29 is 32.2 Å². The topological polar surface area (TPSA) is 56.8 Å². The fourth-order valence-electron chi connectivity index (χ4n) is 1.94. The number of nitrogens with one attached hydrogen (secondary N) is 1. The Morgan fingerprint density at radius 2 is 1.92 bits per heavy atom. The SMILES string of the molecule is O=C(COc1ccc(F)c(Cl)c1)Nc1ccc2c(c1)OC(F)(F)O2. The molecule has 0 fully saturated rings. The van der Waals surface area contributed by atoms with Gasteiger partial charge in [-0.1, -0.05) is 11.6 Å². The Morgan fingerprint density at radius 1 is 1.17 bits per heavy atom. The molecule has 1 amide bonds. The first-order valence-corrected chi connectivity index (χ1v) is 6.98. The van der Waals surface area contributed by atoms with Gasteiger partial charge in [0.05, 0.1) is 5.02 Å². The van der Waals surface area contributed by atoms with Gasteiger partial charge in [-0.3, -0.25) is 4.79 Å². The van der Waals surface area contributed by atoms with E-state index in [2.05, 4.69) is 14.8 Å². The summed E-state index contributed by atoms with van der Waals surface area (Å²) in [7, 11) is 0. The molecule has 2 aromatic carbocycles. The van der Waals surface area contributed by atoms with E-state index in [4.69, 9.17) is 16.3 Å². The number of benzene rings is 2. The number of alkyl halides is 2. The van der Waals surface area contributed by atoms with Gasteiger partial charge in [0.15, 0.2) is 18.1 Å². The second kappa shape index (κ2) is 6.12. The Bertz CT molecular complexity index is 800. The number of fused-ring (bicyclic) bond motifs is 1. The van der Waals surface area contributed by atoms with Crippen molar-refractivity contribution in [2.75, 3.05) is 11.9 Å². The summed E-state index contributed by atoms with van der Waals surface area (Å²) in [4.78, 5) is 11.8. The molecule has 0 radical (unpaired) electrons. The summed E-state index contributed by atoms with van der Waals surface area (Å²) in [6, 6.07) is 7.46. The molecule has 0 bridgehead atoms. The van der Waals surface area contributed by atoms with E-state index in [0.717, 1.165) is 6.07 Å². The predicted octanol–water partition coefficient (Wildman–Crippen LogP) is 3.82. The zero-order valence-corrected chi connectivity index (χ0v) is 12.6. The highest BCUT2D eigenvalue weighted by atomic mass is 35.5. The fourth-order valence-corrected chi connectivity index (χ4v) is 2.11. The minimum absolute atomic E-state index is 0.129. The smallest absolute Gasteiger partial charge is 0.484 e. The number of amides is 1. The van der Waals surface area contributed by atoms with Crippen LogP contribution in [0.2, 0.25) is 5.02 Å². The van der Waals surface area contributed by atoms with Gasteiger partial charge in [-0.05, 0) is 24.3 Å². The lowest BCUT2D eigenvalue weighted by atomic mass is 10.3. The highest BCUT2D eigenvalue weighted by Crippen LogP contribution is 2.42. The lowest BCUT2D eigenvalue weighted by Gasteiger charge is -2.08. The molecular weight excluding hydrogens is 351 g/mol. The van der Waals surface area contributed by atoms with Crippen LogP contribution in [0.5, 0.6) is 17.2 Å². The number of rotatable bonds is 4. The molecule has 0 aromatic heterocycles. The minimum Gasteiger partial charge on any atom is -0.484 e. The molecule has 2 aromatic rings. The van der Waals surface area contributed by atoms with Gasteiger partial charge in [0, 0.05) is 17.8 Å². The summed E-state index contributed by atoms with van der Waals surface area (Å²) in [6.07, 6.45) is -3.73. The van der Waals surface area contributed by atoms with Gasteiger partial charge in [-0.25, -0.2) is 4.39 Å². The highest BCUT2D eigenvalue weighted by molar-refractivity contribution is 6.30. The molecule has 1 N–H and O–H groups in total. The van der Waals surface area contributed by atoms with Crippen molar-refractivity contribution in [3.8, 4) is 17.2 Å². The average molecular weight is 360 g/mol. The van der Waals surface area contributed by atoms with E-state index in [9.17, 15) is 18.0 Å². The van der Waals surface area contributed by atoms with Crippen molar-refractivity contribution in [3.63, 3.8) is 0 Å². The maximum atomic E-state index is 13.0. The monoisotopic (exact) mass is 359 g/mol. The Balaban J connectivity index is 1.59. The minimum atomic E-state index is -3.73. The fraction of sp³-hybridized carbons (Fsp3) is 0.133. The number of carbonyl (C=O) groups excluding carboxylic acids is 1. The third-order valence-corrected chi connectivity index (χ3v) is 3.24. The maximum Gasteiger partial charge on any atom is 0.586 e. The van der Waals surface area contributed by atoms with Crippen molar-refractivity contribution in [1.82, 2.24) is 0 Å². The molecule has 0 atom stereocenters. The molecule has 0 saturated carbocycles. The van der Waals surface area contributed by atoms with Crippen molar-refractivity contribution >= 4 is 23.2 Å². The number of ether oxygens (including phenoxy) is 3. The van der Waals surface area contributed by atoms with E-state index in [1.807, 2.05) is 0 Å². The van der Waals surface area contributed by atoms with Crippen LogP contribution in [0.25, 0.3) is 0 Å². The third-order valence-electron chi connectivity index (χ3n) is 2.95. The van der Waals surface area contributed by atoms with E-state index in [0.29, 0.717) is 0 Å². The van der Waals surface area contributed by atoms with Gasteiger partial charge in [-0.15, -0.1) is 8.78 Å². The number of anilines is 1. The summed E-state index contributed by atoms with van der Waals surface area (Å²) in [6.45, 7) is -0.382. The molecule has 3 rings (SSSR count). The van der Waals surface area contributed by atoms with Crippen LogP contribution in [-0.4, -0.2) is 18.8 Å². The number of carbonyl (C=O) groups is 1. The molecule has 0 aliphatic carbocycles. The Hall–Kier alpha value is -2.61. The van der Waals surface area contributed by atoms with Crippen LogP contribution in [-0.2, 0) is 4.79 Å². The quantitative estimate of drug-likeness (QED) is 0.901. The van der Waals surface area contributed by atoms with Crippen molar-refractivity contribution in [2.24, 2.45) is 0 Å². The van der Waals surface area contributed by atoms with E-state index in [-0.39, 0.29) is 34.6 Å². The van der Waals surface area contributed by atoms with Crippen molar-refractivity contribution in [3.05, 3.63) is 47.2 Å². The molecule has 0 spiro atoms. The standard InChI is InChI=1S/C15H9ClF3NO4/c16-10-6-9(2-3-11(10)17)22-7-14(21)20-8-1-4-12-13(5-8)24-15(18,19)23-12/h1-6H,7H2,(H,20,21). The van der Waals surface area contributed by atoms with E-state index >= 15 is 0 Å². The largest absolute Gasteiger partial charge is 0.586 e. The van der Waals surface area contributed by atoms with Crippen molar-refractivity contribution in [2.45, 2.75) is 6.29 Å². The maximum absolute atomic E-state index is 13.0. The molecule has 0 unspecified atom stereocenters. The molecule has 1 aliphatic heterocycles. The Labute approximate surface area is 138 Å². The summed E-state index contributed by atoms with van der Waals surface area (Å²) >= 11 is 5.59. The summed E-state index contributed by atoms with van der Waals surface area (Å²) in [5.74, 6) is -1.27. The normalized spacial score (nSPS) is 14.3. The van der Waals surface area contributed by atoms with Crippen LogP contribution in [0.1, 0.15) is 0 Å². The van der Waals surface area contributed by atoms with Crippen LogP contribution >= 0.6 is 11.6 Å². The molecule has 0 saturated heterocycles. The Morgan fingerprint density at radius 3 is 2.67 bits per heavy atom. The first-order valence-electron chi connectivity index (χ1n) is 6.60. The van der Waals surface area contributed by atoms with Gasteiger partial charge in [0.25, 0.3) is 5.91 Å². The zero-order valence-electron chi connectivity index (χ0n) is 11.8. The predicted molar refractivity (Wildman–Crippen MR) is 78.2 cm³/mol. The van der Waals surface area contributed by atoms with Crippen LogP contribution in [0, 0.1) is 5.82 Å². The number of hydrogen-bond acceptors (Lipinski definition) is 4. The number of halogens is 4. The molecule has 9 heteroatoms. The van der Waals surface area contributed by atoms with Gasteiger partial charge < -0.3 is 19.5 Å². The van der Waals surface area contributed by atoms with Crippen LogP contribution in [0.4, 0.5) is 18.9 Å². The summed E-state index contributed by atoms with van der Waals surface area (Å²) in [5, 5.41) is 2.31. The zero-order chi connectivity index (χ0) is 17.3. The van der Waals surface area contributed by atoms with E-state index in [1.54, 1.807) is 0 Å². The second-order valence-electron chi connectivity index (χ2n) is 4.74. The first kappa shape index (κ1) is 16.3. The Kier molecular flexibility index (Phi) is 4.15. The average Bonchev–Trinajstić information content (AvgIpc) is 2.81. The van der Waals surface area contributed by atoms with E-state index < -0.39 is 18.0 Å². The van der Waals surface area contributed by atoms with Crippen LogP contribution in [0.3, 0.4) is 0 Å². The van der Waals surface area contributed by atoms with E-state index in [1.165, 1.54) is 30.3 Å². The lowest BCUT2D eigenvalue weighted by Crippen LogP contribution is -2.25. The molecule has 126 valence electrons. The second-order valence-corrected chi connectivity index (χ2v) is 5.15. The lowest BCUT2D eigenvalue weighted by molar-refractivity contribution is -0.286. The highest BCUT2D eigenvalue weighted by Gasteiger charge is 2.43. The molecule has 24 heavy (non-hydrogen) atoms. The van der Waals surface area contributed by atoms with Crippen molar-refractivity contribution in [1.29, 1.82) is 0 Å². The third kappa shape index (κ3) is 3.65. The number of hydrogen-bond donors (Lipinski definition) is 1.